The van der Waals surface area contributed by atoms with Crippen molar-refractivity contribution >= 4 is 50.9 Å². The van der Waals surface area contributed by atoms with Crippen LogP contribution in [-0.4, -0.2) is 17.4 Å². The number of rotatable bonds is 2. The van der Waals surface area contributed by atoms with Crippen LogP contribution in [0.3, 0.4) is 0 Å². The molecule has 0 aromatic heterocycles. The first-order chi connectivity index (χ1) is 7.66. The molecule has 1 aromatic rings. The molecule has 1 unspecified atom stereocenters. The summed E-state index contributed by atoms with van der Waals surface area (Å²) in [6.07, 6.45) is 0.977. The molecule has 0 spiro atoms. The van der Waals surface area contributed by atoms with Crippen LogP contribution in [0.15, 0.2) is 22.7 Å². The quantitative estimate of drug-likeness (QED) is 0.898. The molecular weight excluding hydrogens is 310 g/mol. The summed E-state index contributed by atoms with van der Waals surface area (Å²) in [6.45, 7) is 0. The summed E-state index contributed by atoms with van der Waals surface area (Å²) in [6, 6.07) is 5.40. The van der Waals surface area contributed by atoms with Gasteiger partial charge in [-0.15, -0.1) is 0 Å². The van der Waals surface area contributed by atoms with Crippen LogP contribution in [0.25, 0.3) is 0 Å². The number of nitrogens with one attached hydrogen (secondary N) is 1. The van der Waals surface area contributed by atoms with Crippen molar-refractivity contribution in [3.63, 3.8) is 0 Å². The van der Waals surface area contributed by atoms with Crippen LogP contribution in [0.4, 0.5) is 5.69 Å². The molecule has 2 nitrogen and oxygen atoms in total. The Morgan fingerprint density at radius 2 is 2.38 bits per heavy atom. The predicted octanol–water partition coefficient (Wildman–Crippen LogP) is 3.79. The topological polar surface area (TPSA) is 29.1 Å². The molecule has 86 valence electrons. The highest BCUT2D eigenvalue weighted by Gasteiger charge is 2.23. The van der Waals surface area contributed by atoms with Crippen LogP contribution in [-0.2, 0) is 4.79 Å². The van der Waals surface area contributed by atoms with E-state index in [0.717, 1.165) is 28.1 Å². The minimum absolute atomic E-state index is 0.110. The van der Waals surface area contributed by atoms with Gasteiger partial charge in [0.05, 0.1) is 5.02 Å². The number of hydrogen-bond donors (Lipinski definition) is 1. The Morgan fingerprint density at radius 3 is 3.00 bits per heavy atom. The molecule has 1 aliphatic rings. The van der Waals surface area contributed by atoms with E-state index in [2.05, 4.69) is 21.2 Å². The van der Waals surface area contributed by atoms with E-state index < -0.39 is 0 Å². The molecule has 1 fully saturated rings. The highest BCUT2D eigenvalue weighted by Crippen LogP contribution is 2.28. The minimum Gasteiger partial charge on any atom is -0.326 e. The minimum atomic E-state index is 0.110. The van der Waals surface area contributed by atoms with Crippen molar-refractivity contribution in [2.75, 3.05) is 16.8 Å². The lowest BCUT2D eigenvalue weighted by molar-refractivity contribution is -0.119. The Balaban J connectivity index is 2.02. The van der Waals surface area contributed by atoms with E-state index >= 15 is 0 Å². The summed E-state index contributed by atoms with van der Waals surface area (Å²) in [7, 11) is 0. The fourth-order valence-corrected chi connectivity index (χ4v) is 3.28. The third-order valence-electron chi connectivity index (χ3n) is 2.49. The molecular formula is C11H11BrClNOS. The highest BCUT2D eigenvalue weighted by molar-refractivity contribution is 9.10. The molecule has 1 atom stereocenters. The van der Waals surface area contributed by atoms with Gasteiger partial charge in [0, 0.05) is 21.8 Å². The number of thioether (sulfide) groups is 1. The number of halogens is 2. The normalized spacial score (nSPS) is 19.8. The average Bonchev–Trinajstić information content (AvgIpc) is 2.77. The first kappa shape index (κ1) is 12.3. The van der Waals surface area contributed by atoms with Crippen molar-refractivity contribution in [3.05, 3.63) is 27.7 Å². The van der Waals surface area contributed by atoms with Crippen molar-refractivity contribution < 1.29 is 4.79 Å². The Labute approximate surface area is 112 Å². The standard InChI is InChI=1S/C11H11BrClNOS/c12-9-5-8(1-2-10(9)13)14-11(15)7-3-4-16-6-7/h1-2,5,7H,3-4,6H2,(H,14,15). The fraction of sp³-hybridized carbons (Fsp3) is 0.364. The second kappa shape index (κ2) is 5.43. The van der Waals surface area contributed by atoms with Gasteiger partial charge in [0.1, 0.15) is 0 Å². The Morgan fingerprint density at radius 1 is 1.56 bits per heavy atom. The zero-order chi connectivity index (χ0) is 11.5. The molecule has 0 saturated carbocycles. The molecule has 1 heterocycles. The zero-order valence-electron chi connectivity index (χ0n) is 8.50. The number of hydrogen-bond acceptors (Lipinski definition) is 2. The lowest BCUT2D eigenvalue weighted by atomic mass is 10.1. The summed E-state index contributed by atoms with van der Waals surface area (Å²) in [5.74, 6) is 2.28. The van der Waals surface area contributed by atoms with Crippen molar-refractivity contribution in [2.45, 2.75) is 6.42 Å². The smallest absolute Gasteiger partial charge is 0.228 e. The van der Waals surface area contributed by atoms with E-state index in [0.29, 0.717) is 5.02 Å². The predicted molar refractivity (Wildman–Crippen MR) is 73.2 cm³/mol. The van der Waals surface area contributed by atoms with Crippen LogP contribution < -0.4 is 5.32 Å². The van der Waals surface area contributed by atoms with Gasteiger partial charge >= 0.3 is 0 Å². The molecule has 16 heavy (non-hydrogen) atoms. The van der Waals surface area contributed by atoms with E-state index in [1.165, 1.54) is 0 Å². The van der Waals surface area contributed by atoms with Crippen molar-refractivity contribution in [1.82, 2.24) is 0 Å². The van der Waals surface area contributed by atoms with Crippen molar-refractivity contribution in [3.8, 4) is 0 Å². The van der Waals surface area contributed by atoms with E-state index in [-0.39, 0.29) is 11.8 Å². The van der Waals surface area contributed by atoms with Gasteiger partial charge in [0.15, 0.2) is 0 Å². The summed E-state index contributed by atoms with van der Waals surface area (Å²) in [4.78, 5) is 11.8. The number of amides is 1. The number of benzene rings is 1. The number of carbonyl (C=O) groups is 1. The first-order valence-electron chi connectivity index (χ1n) is 5.00. The summed E-state index contributed by atoms with van der Waals surface area (Å²) < 4.78 is 0.799. The third kappa shape index (κ3) is 2.93. The summed E-state index contributed by atoms with van der Waals surface area (Å²) in [5, 5.41) is 3.56. The molecule has 0 radical (unpaired) electrons. The summed E-state index contributed by atoms with van der Waals surface area (Å²) >= 11 is 11.0. The van der Waals surface area contributed by atoms with E-state index in [1.54, 1.807) is 6.07 Å². The molecule has 1 aliphatic heterocycles. The van der Waals surface area contributed by atoms with Gasteiger partial charge in [-0.05, 0) is 46.3 Å². The second-order valence-corrected chi connectivity index (χ2v) is 6.09. The summed E-state index contributed by atoms with van der Waals surface area (Å²) in [5.41, 5.74) is 0.790. The zero-order valence-corrected chi connectivity index (χ0v) is 11.7. The van der Waals surface area contributed by atoms with E-state index in [4.69, 9.17) is 11.6 Å². The molecule has 5 heteroatoms. The second-order valence-electron chi connectivity index (χ2n) is 3.68. The fourth-order valence-electron chi connectivity index (χ4n) is 1.56. The van der Waals surface area contributed by atoms with Gasteiger partial charge in [-0.25, -0.2) is 0 Å². The average molecular weight is 321 g/mol. The van der Waals surface area contributed by atoms with Gasteiger partial charge < -0.3 is 5.32 Å². The van der Waals surface area contributed by atoms with E-state index in [9.17, 15) is 4.79 Å². The Hall–Kier alpha value is -0.190. The van der Waals surface area contributed by atoms with Gasteiger partial charge in [-0.3, -0.25) is 4.79 Å². The largest absolute Gasteiger partial charge is 0.326 e. The lowest BCUT2D eigenvalue weighted by Gasteiger charge is -2.10. The van der Waals surface area contributed by atoms with Crippen molar-refractivity contribution in [2.24, 2.45) is 5.92 Å². The van der Waals surface area contributed by atoms with Crippen LogP contribution >= 0.6 is 39.3 Å². The molecule has 0 bridgehead atoms. The Bertz CT molecular complexity index is 407. The Kier molecular flexibility index (Phi) is 4.16. The lowest BCUT2D eigenvalue weighted by Crippen LogP contribution is -2.22. The maximum atomic E-state index is 11.8. The van der Waals surface area contributed by atoms with Gasteiger partial charge in [-0.2, -0.15) is 11.8 Å². The maximum absolute atomic E-state index is 11.8. The van der Waals surface area contributed by atoms with Gasteiger partial charge in [0.25, 0.3) is 0 Å². The van der Waals surface area contributed by atoms with Crippen LogP contribution in [0.2, 0.25) is 5.02 Å². The molecule has 1 saturated heterocycles. The van der Waals surface area contributed by atoms with Crippen LogP contribution in [0.1, 0.15) is 6.42 Å². The molecule has 2 rings (SSSR count). The highest BCUT2D eigenvalue weighted by atomic mass is 79.9. The SMILES string of the molecule is O=C(Nc1ccc(Cl)c(Br)c1)C1CCSC1. The number of carbonyl (C=O) groups excluding carboxylic acids is 1. The monoisotopic (exact) mass is 319 g/mol. The van der Waals surface area contributed by atoms with Crippen molar-refractivity contribution in [1.29, 1.82) is 0 Å². The first-order valence-corrected chi connectivity index (χ1v) is 7.33. The molecule has 1 aromatic carbocycles. The maximum Gasteiger partial charge on any atom is 0.228 e. The van der Waals surface area contributed by atoms with E-state index in [1.807, 2.05) is 23.9 Å². The molecule has 1 N–H and O–H groups in total. The molecule has 1 amide bonds. The van der Waals surface area contributed by atoms with Crippen LogP contribution in [0, 0.1) is 5.92 Å². The third-order valence-corrected chi connectivity index (χ3v) is 4.86. The van der Waals surface area contributed by atoms with Crippen LogP contribution in [0.5, 0.6) is 0 Å². The van der Waals surface area contributed by atoms with Gasteiger partial charge in [0.2, 0.25) is 5.91 Å². The number of anilines is 1. The molecule has 0 aliphatic carbocycles. The van der Waals surface area contributed by atoms with Gasteiger partial charge in [-0.1, -0.05) is 11.6 Å².